The summed E-state index contributed by atoms with van der Waals surface area (Å²) in [4.78, 5) is 10.8. The molecule has 1 aliphatic rings. The normalized spacial score (nSPS) is 19.7. The molecule has 1 aliphatic heterocycles. The number of para-hydroxylation sites is 1. The second-order valence-corrected chi connectivity index (χ2v) is 4.93. The van der Waals surface area contributed by atoms with Gasteiger partial charge in [-0.05, 0) is 25.3 Å². The lowest BCUT2D eigenvalue weighted by molar-refractivity contribution is -0.383. The van der Waals surface area contributed by atoms with Crippen LogP contribution in [0.2, 0.25) is 0 Å². The Balaban J connectivity index is 1.96. The van der Waals surface area contributed by atoms with Crippen molar-refractivity contribution >= 4 is 16.6 Å². The van der Waals surface area contributed by atoms with Crippen LogP contribution in [-0.4, -0.2) is 22.2 Å². The van der Waals surface area contributed by atoms with Gasteiger partial charge in [0.2, 0.25) is 0 Å². The Morgan fingerprint density at radius 1 is 1.37 bits per heavy atom. The number of aromatic nitrogens is 1. The summed E-state index contributed by atoms with van der Waals surface area (Å²) in [6, 6.07) is 7.11. The van der Waals surface area contributed by atoms with Gasteiger partial charge in [0.1, 0.15) is 5.52 Å². The maximum Gasteiger partial charge on any atom is 0.293 e. The van der Waals surface area contributed by atoms with Gasteiger partial charge in [0, 0.05) is 30.8 Å². The Kier molecular flexibility index (Phi) is 3.21. The Bertz CT molecular complexity index is 600. The van der Waals surface area contributed by atoms with Crippen molar-refractivity contribution in [2.75, 3.05) is 6.61 Å². The summed E-state index contributed by atoms with van der Waals surface area (Å²) >= 11 is 0. The summed E-state index contributed by atoms with van der Waals surface area (Å²) in [6.45, 7) is 1.49. The van der Waals surface area contributed by atoms with E-state index in [1.165, 1.54) is 6.42 Å². The standard InChI is InChI=1S/C14H16N2O3/c17-16(18)13-6-3-4-11-7-8-15(14(11)13)10-12-5-1-2-9-19-12/h3-4,6-8,12H,1-2,5,9-10H2. The molecule has 0 bridgehead atoms. The molecule has 0 amide bonds. The van der Waals surface area contributed by atoms with Crippen LogP contribution >= 0.6 is 0 Å². The molecule has 1 atom stereocenters. The van der Waals surface area contributed by atoms with Crippen molar-refractivity contribution in [2.45, 2.75) is 31.9 Å². The average molecular weight is 260 g/mol. The second kappa shape index (κ2) is 5.01. The molecular formula is C14H16N2O3. The Hall–Kier alpha value is -1.88. The molecule has 1 fully saturated rings. The lowest BCUT2D eigenvalue weighted by Gasteiger charge is -2.23. The number of nitro benzene ring substituents is 1. The van der Waals surface area contributed by atoms with Gasteiger partial charge in [-0.1, -0.05) is 12.1 Å². The molecule has 0 spiro atoms. The largest absolute Gasteiger partial charge is 0.376 e. The van der Waals surface area contributed by atoms with E-state index in [0.29, 0.717) is 12.1 Å². The first-order valence-electron chi connectivity index (χ1n) is 6.59. The second-order valence-electron chi connectivity index (χ2n) is 4.93. The van der Waals surface area contributed by atoms with Gasteiger partial charge in [-0.2, -0.15) is 0 Å². The van der Waals surface area contributed by atoms with Gasteiger partial charge >= 0.3 is 0 Å². The number of non-ortho nitro benzene ring substituents is 1. The zero-order valence-corrected chi connectivity index (χ0v) is 10.6. The molecule has 0 N–H and O–H groups in total. The lowest BCUT2D eigenvalue weighted by atomic mass is 10.1. The van der Waals surface area contributed by atoms with Crippen LogP contribution in [0.3, 0.4) is 0 Å². The fraction of sp³-hybridized carbons (Fsp3) is 0.429. The predicted octanol–water partition coefficient (Wildman–Crippen LogP) is 3.12. The molecule has 3 rings (SSSR count). The third-order valence-electron chi connectivity index (χ3n) is 3.64. The predicted molar refractivity (Wildman–Crippen MR) is 72.2 cm³/mol. The Morgan fingerprint density at radius 3 is 3.00 bits per heavy atom. The van der Waals surface area contributed by atoms with Gasteiger partial charge < -0.3 is 9.30 Å². The van der Waals surface area contributed by atoms with Crippen LogP contribution in [0.1, 0.15) is 19.3 Å². The molecule has 5 heteroatoms. The third kappa shape index (κ3) is 2.33. The molecule has 1 aromatic carbocycles. The number of hydrogen-bond acceptors (Lipinski definition) is 3. The SMILES string of the molecule is O=[N+]([O-])c1cccc2ccn(CC3CCCCO3)c12. The van der Waals surface area contributed by atoms with Gasteiger partial charge in [-0.25, -0.2) is 0 Å². The number of fused-ring (bicyclic) bond motifs is 1. The molecule has 0 aliphatic carbocycles. The number of ether oxygens (including phenoxy) is 1. The highest BCUT2D eigenvalue weighted by Crippen LogP contribution is 2.27. The van der Waals surface area contributed by atoms with Crippen molar-refractivity contribution < 1.29 is 9.66 Å². The van der Waals surface area contributed by atoms with E-state index < -0.39 is 0 Å². The van der Waals surface area contributed by atoms with E-state index in [0.717, 1.165) is 24.8 Å². The van der Waals surface area contributed by atoms with Crippen molar-refractivity contribution in [3.63, 3.8) is 0 Å². The van der Waals surface area contributed by atoms with E-state index in [-0.39, 0.29) is 16.7 Å². The molecular weight excluding hydrogens is 244 g/mol. The Labute approximate surface area is 110 Å². The number of nitro groups is 1. The minimum Gasteiger partial charge on any atom is -0.376 e. The average Bonchev–Trinajstić information content (AvgIpc) is 2.83. The molecule has 2 heterocycles. The van der Waals surface area contributed by atoms with Gasteiger partial charge in [-0.15, -0.1) is 0 Å². The molecule has 5 nitrogen and oxygen atoms in total. The number of benzene rings is 1. The lowest BCUT2D eigenvalue weighted by Crippen LogP contribution is -2.24. The van der Waals surface area contributed by atoms with E-state index in [1.807, 2.05) is 22.9 Å². The van der Waals surface area contributed by atoms with Crippen molar-refractivity contribution in [1.29, 1.82) is 0 Å². The summed E-state index contributed by atoms with van der Waals surface area (Å²) in [5.74, 6) is 0. The molecule has 19 heavy (non-hydrogen) atoms. The van der Waals surface area contributed by atoms with Crippen LogP contribution < -0.4 is 0 Å². The van der Waals surface area contributed by atoms with E-state index in [9.17, 15) is 10.1 Å². The quantitative estimate of drug-likeness (QED) is 0.629. The van der Waals surface area contributed by atoms with Crippen LogP contribution in [0.4, 0.5) is 5.69 Å². The van der Waals surface area contributed by atoms with Crippen molar-refractivity contribution in [2.24, 2.45) is 0 Å². The summed E-state index contributed by atoms with van der Waals surface area (Å²) < 4.78 is 7.66. The molecule has 1 unspecified atom stereocenters. The number of nitrogens with zero attached hydrogens (tertiary/aromatic N) is 2. The molecule has 2 aromatic rings. The summed E-state index contributed by atoms with van der Waals surface area (Å²) in [5.41, 5.74) is 0.861. The highest BCUT2D eigenvalue weighted by Gasteiger charge is 2.19. The van der Waals surface area contributed by atoms with Crippen LogP contribution in [0.25, 0.3) is 10.9 Å². The minimum atomic E-state index is -0.319. The van der Waals surface area contributed by atoms with E-state index >= 15 is 0 Å². The monoisotopic (exact) mass is 260 g/mol. The van der Waals surface area contributed by atoms with E-state index in [1.54, 1.807) is 12.1 Å². The zero-order valence-electron chi connectivity index (χ0n) is 10.6. The summed E-state index contributed by atoms with van der Waals surface area (Å²) in [6.07, 6.45) is 5.40. The number of hydrogen-bond donors (Lipinski definition) is 0. The van der Waals surface area contributed by atoms with Gasteiger partial charge in [0.15, 0.2) is 0 Å². The van der Waals surface area contributed by atoms with Crippen molar-refractivity contribution in [1.82, 2.24) is 4.57 Å². The van der Waals surface area contributed by atoms with Crippen molar-refractivity contribution in [3.8, 4) is 0 Å². The van der Waals surface area contributed by atoms with Crippen LogP contribution in [0.5, 0.6) is 0 Å². The summed E-state index contributed by atoms with van der Waals surface area (Å²) in [7, 11) is 0. The molecule has 1 saturated heterocycles. The van der Waals surface area contributed by atoms with Gasteiger partial charge in [-0.3, -0.25) is 10.1 Å². The summed E-state index contributed by atoms with van der Waals surface area (Å²) in [5, 5.41) is 12.0. The Morgan fingerprint density at radius 2 is 2.26 bits per heavy atom. The fourth-order valence-corrected chi connectivity index (χ4v) is 2.71. The smallest absolute Gasteiger partial charge is 0.293 e. The van der Waals surface area contributed by atoms with E-state index in [2.05, 4.69) is 0 Å². The highest BCUT2D eigenvalue weighted by atomic mass is 16.6. The first-order valence-corrected chi connectivity index (χ1v) is 6.59. The fourth-order valence-electron chi connectivity index (χ4n) is 2.71. The van der Waals surface area contributed by atoms with Crippen LogP contribution in [0.15, 0.2) is 30.5 Å². The number of rotatable bonds is 3. The van der Waals surface area contributed by atoms with Gasteiger partial charge in [0.25, 0.3) is 5.69 Å². The third-order valence-corrected chi connectivity index (χ3v) is 3.64. The van der Waals surface area contributed by atoms with E-state index in [4.69, 9.17) is 4.74 Å². The molecule has 0 saturated carbocycles. The zero-order chi connectivity index (χ0) is 13.2. The van der Waals surface area contributed by atoms with Crippen LogP contribution in [-0.2, 0) is 11.3 Å². The maximum atomic E-state index is 11.1. The topological polar surface area (TPSA) is 57.3 Å². The first kappa shape index (κ1) is 12.2. The highest BCUT2D eigenvalue weighted by molar-refractivity contribution is 5.88. The molecule has 0 radical (unpaired) electrons. The maximum absolute atomic E-state index is 11.1. The van der Waals surface area contributed by atoms with Crippen LogP contribution in [0, 0.1) is 10.1 Å². The minimum absolute atomic E-state index is 0.165. The molecule has 1 aromatic heterocycles. The van der Waals surface area contributed by atoms with Gasteiger partial charge in [0.05, 0.1) is 11.0 Å². The first-order chi connectivity index (χ1) is 9.25. The van der Waals surface area contributed by atoms with Crippen molar-refractivity contribution in [3.05, 3.63) is 40.6 Å². The molecule has 100 valence electrons.